The summed E-state index contributed by atoms with van der Waals surface area (Å²) in [6.07, 6.45) is 2.27. The molecule has 0 bridgehead atoms. The molecule has 3 aromatic carbocycles. The lowest BCUT2D eigenvalue weighted by Gasteiger charge is -2.37. The Balaban J connectivity index is 1.42. The van der Waals surface area contributed by atoms with Gasteiger partial charge in [-0.2, -0.15) is 0 Å². The first-order valence-corrected chi connectivity index (χ1v) is 12.1. The zero-order valence-electron chi connectivity index (χ0n) is 20.5. The van der Waals surface area contributed by atoms with Crippen molar-refractivity contribution in [2.75, 3.05) is 45.3 Å². The Bertz CT molecular complexity index is 1360. The van der Waals surface area contributed by atoms with Crippen molar-refractivity contribution in [2.45, 2.75) is 12.3 Å². The van der Waals surface area contributed by atoms with Crippen LogP contribution < -0.4 is 14.4 Å². The first kappa shape index (κ1) is 23.7. The number of benzene rings is 3. The van der Waals surface area contributed by atoms with Crippen LogP contribution in [0.25, 0.3) is 10.9 Å². The molecule has 0 spiro atoms. The Morgan fingerprint density at radius 1 is 0.917 bits per heavy atom. The van der Waals surface area contributed by atoms with E-state index >= 15 is 0 Å². The number of H-pyrrole nitrogens is 1. The minimum absolute atomic E-state index is 0.0586. The van der Waals surface area contributed by atoms with Gasteiger partial charge in [0.05, 0.1) is 19.9 Å². The van der Waals surface area contributed by atoms with Gasteiger partial charge in [0.1, 0.15) is 5.82 Å². The van der Waals surface area contributed by atoms with E-state index in [2.05, 4.69) is 11.1 Å². The van der Waals surface area contributed by atoms with Gasteiger partial charge in [-0.15, -0.1) is 0 Å². The topological polar surface area (TPSA) is 57.8 Å². The number of piperazine rings is 1. The normalized spacial score (nSPS) is 14.6. The number of fused-ring (bicyclic) bond motifs is 1. The SMILES string of the molecule is COc1cccc(C(CC(=O)N2CCN(c3ccccc3F)CC2)c2c[nH]c3ccccc23)c1OC. The largest absolute Gasteiger partial charge is 0.493 e. The van der Waals surface area contributed by atoms with Crippen LogP contribution in [0.2, 0.25) is 0 Å². The summed E-state index contributed by atoms with van der Waals surface area (Å²) in [5.74, 6) is 0.853. The van der Waals surface area contributed by atoms with Gasteiger partial charge in [0.2, 0.25) is 5.91 Å². The highest BCUT2D eigenvalue weighted by Gasteiger charge is 2.29. The predicted octanol–water partition coefficient (Wildman–Crippen LogP) is 5.20. The summed E-state index contributed by atoms with van der Waals surface area (Å²) >= 11 is 0. The average Bonchev–Trinajstić information content (AvgIpc) is 3.35. The van der Waals surface area contributed by atoms with Crippen LogP contribution in [0.5, 0.6) is 11.5 Å². The van der Waals surface area contributed by atoms with Crippen molar-refractivity contribution in [3.63, 3.8) is 0 Å². The lowest BCUT2D eigenvalue weighted by Crippen LogP contribution is -2.49. The highest BCUT2D eigenvalue weighted by molar-refractivity contribution is 5.86. The molecule has 6 nitrogen and oxygen atoms in total. The molecular formula is C29H30FN3O3. The minimum Gasteiger partial charge on any atom is -0.493 e. The Labute approximate surface area is 210 Å². The molecule has 1 amide bonds. The van der Waals surface area contributed by atoms with Gasteiger partial charge in [0.25, 0.3) is 0 Å². The van der Waals surface area contributed by atoms with E-state index in [0.29, 0.717) is 43.4 Å². The number of nitrogens with one attached hydrogen (secondary N) is 1. The third-order valence-electron chi connectivity index (χ3n) is 7.01. The fraction of sp³-hybridized carbons (Fsp3) is 0.276. The molecule has 5 rings (SSSR count). The minimum atomic E-state index is -0.234. The van der Waals surface area contributed by atoms with E-state index in [-0.39, 0.29) is 24.1 Å². The molecule has 1 fully saturated rings. The zero-order chi connectivity index (χ0) is 25.1. The van der Waals surface area contributed by atoms with Crippen molar-refractivity contribution in [3.05, 3.63) is 89.9 Å². The number of methoxy groups -OCH3 is 2. The number of carbonyl (C=O) groups is 1. The molecule has 36 heavy (non-hydrogen) atoms. The van der Waals surface area contributed by atoms with E-state index in [1.54, 1.807) is 26.4 Å². The first-order valence-electron chi connectivity index (χ1n) is 12.1. The fourth-order valence-corrected chi connectivity index (χ4v) is 5.16. The smallest absolute Gasteiger partial charge is 0.223 e. The average molecular weight is 488 g/mol. The number of ether oxygens (including phenoxy) is 2. The summed E-state index contributed by atoms with van der Waals surface area (Å²) in [7, 11) is 3.24. The molecule has 186 valence electrons. The Morgan fingerprint density at radius 2 is 1.67 bits per heavy atom. The fourth-order valence-electron chi connectivity index (χ4n) is 5.16. The molecular weight excluding hydrogens is 457 g/mol. The molecule has 1 N–H and O–H groups in total. The van der Waals surface area contributed by atoms with Crippen molar-refractivity contribution in [3.8, 4) is 11.5 Å². The highest BCUT2D eigenvalue weighted by atomic mass is 19.1. The molecule has 4 aromatic rings. The number of carbonyl (C=O) groups excluding carboxylic acids is 1. The Morgan fingerprint density at radius 3 is 2.42 bits per heavy atom. The second kappa shape index (κ2) is 10.3. The van der Waals surface area contributed by atoms with E-state index in [4.69, 9.17) is 9.47 Å². The molecule has 1 unspecified atom stereocenters. The number of amides is 1. The van der Waals surface area contributed by atoms with Crippen LogP contribution in [0.3, 0.4) is 0 Å². The standard InChI is InChI=1S/C29H30FN3O3/c1-35-27-13-7-9-21(29(27)36-2)22(23-19-31-25-11-5-3-8-20(23)25)18-28(34)33-16-14-32(15-17-33)26-12-6-4-10-24(26)30/h3-13,19,22,31H,14-18H2,1-2H3. The molecule has 1 aromatic heterocycles. The number of halogens is 1. The summed E-state index contributed by atoms with van der Waals surface area (Å²) in [6.45, 7) is 2.27. The molecule has 2 heterocycles. The number of hydrogen-bond donors (Lipinski definition) is 1. The van der Waals surface area contributed by atoms with Crippen molar-refractivity contribution < 1.29 is 18.7 Å². The van der Waals surface area contributed by atoms with Gasteiger partial charge in [-0.3, -0.25) is 4.79 Å². The second-order valence-electron chi connectivity index (χ2n) is 8.95. The van der Waals surface area contributed by atoms with Crippen LogP contribution >= 0.6 is 0 Å². The van der Waals surface area contributed by atoms with Crippen LogP contribution in [-0.4, -0.2) is 56.2 Å². The van der Waals surface area contributed by atoms with Gasteiger partial charge < -0.3 is 24.3 Å². The van der Waals surface area contributed by atoms with Crippen molar-refractivity contribution >= 4 is 22.5 Å². The van der Waals surface area contributed by atoms with Gasteiger partial charge in [-0.1, -0.05) is 42.5 Å². The maximum Gasteiger partial charge on any atom is 0.223 e. The van der Waals surface area contributed by atoms with Crippen LogP contribution in [0.4, 0.5) is 10.1 Å². The summed E-state index contributed by atoms with van der Waals surface area (Å²) in [4.78, 5) is 20.9. The molecule has 1 atom stereocenters. The maximum absolute atomic E-state index is 14.3. The number of aromatic amines is 1. The molecule has 1 aliphatic heterocycles. The lowest BCUT2D eigenvalue weighted by molar-refractivity contribution is -0.131. The second-order valence-corrected chi connectivity index (χ2v) is 8.95. The Hall–Kier alpha value is -4.00. The molecule has 7 heteroatoms. The maximum atomic E-state index is 14.3. The summed E-state index contributed by atoms with van der Waals surface area (Å²) in [6, 6.07) is 20.7. The van der Waals surface area contributed by atoms with E-state index in [0.717, 1.165) is 22.0 Å². The van der Waals surface area contributed by atoms with E-state index in [1.165, 1.54) is 6.07 Å². The van der Waals surface area contributed by atoms with E-state index in [9.17, 15) is 9.18 Å². The number of rotatable bonds is 7. The van der Waals surface area contributed by atoms with Gasteiger partial charge in [-0.05, 0) is 29.8 Å². The number of anilines is 1. The number of hydrogen-bond acceptors (Lipinski definition) is 4. The third kappa shape index (κ3) is 4.49. The lowest BCUT2D eigenvalue weighted by atomic mass is 9.87. The van der Waals surface area contributed by atoms with Crippen LogP contribution in [-0.2, 0) is 4.79 Å². The van der Waals surface area contributed by atoms with Crippen LogP contribution in [0.1, 0.15) is 23.5 Å². The number of nitrogens with zero attached hydrogens (tertiary/aromatic N) is 2. The van der Waals surface area contributed by atoms with Crippen LogP contribution in [0.15, 0.2) is 72.9 Å². The van der Waals surface area contributed by atoms with Crippen LogP contribution in [0, 0.1) is 5.82 Å². The van der Waals surface area contributed by atoms with Crippen molar-refractivity contribution in [2.24, 2.45) is 0 Å². The zero-order valence-corrected chi connectivity index (χ0v) is 20.5. The monoisotopic (exact) mass is 487 g/mol. The van der Waals surface area contributed by atoms with E-state index in [1.807, 2.05) is 58.5 Å². The van der Waals surface area contributed by atoms with Gasteiger partial charge in [0.15, 0.2) is 11.5 Å². The predicted molar refractivity (Wildman–Crippen MR) is 139 cm³/mol. The molecule has 0 radical (unpaired) electrons. The molecule has 1 saturated heterocycles. The van der Waals surface area contributed by atoms with Gasteiger partial charge in [0, 0.05) is 61.2 Å². The summed E-state index contributed by atoms with van der Waals surface area (Å²) in [5, 5.41) is 1.07. The number of para-hydroxylation sites is 3. The molecule has 0 saturated carbocycles. The summed E-state index contributed by atoms with van der Waals surface area (Å²) in [5.41, 5.74) is 3.54. The van der Waals surface area contributed by atoms with Gasteiger partial charge >= 0.3 is 0 Å². The summed E-state index contributed by atoms with van der Waals surface area (Å²) < 4.78 is 25.6. The van der Waals surface area contributed by atoms with Gasteiger partial charge in [-0.25, -0.2) is 4.39 Å². The van der Waals surface area contributed by atoms with E-state index < -0.39 is 0 Å². The van der Waals surface area contributed by atoms with Crippen molar-refractivity contribution in [1.29, 1.82) is 0 Å². The van der Waals surface area contributed by atoms with Crippen molar-refractivity contribution in [1.82, 2.24) is 9.88 Å². The Kier molecular flexibility index (Phi) is 6.80. The first-order chi connectivity index (χ1) is 17.6. The third-order valence-corrected chi connectivity index (χ3v) is 7.01. The molecule has 0 aliphatic carbocycles. The quantitative estimate of drug-likeness (QED) is 0.390. The number of aromatic nitrogens is 1. The molecule has 1 aliphatic rings. The highest BCUT2D eigenvalue weighted by Crippen LogP contribution is 2.42.